The van der Waals surface area contributed by atoms with Gasteiger partial charge in [0, 0.05) is 38.3 Å². The van der Waals surface area contributed by atoms with E-state index in [0.29, 0.717) is 30.2 Å². The minimum atomic E-state index is -0.421. The van der Waals surface area contributed by atoms with Crippen molar-refractivity contribution in [3.63, 3.8) is 0 Å². The van der Waals surface area contributed by atoms with Crippen molar-refractivity contribution in [2.24, 2.45) is 0 Å². The van der Waals surface area contributed by atoms with Gasteiger partial charge in [-0.3, -0.25) is 9.59 Å². The SMILES string of the molecule is CCC(=O)N1CCN(c2ccc(NC(=O)C(c3ccccc3)c3ccccc3)cc2Cl)CC1. The Morgan fingerprint density at radius 2 is 1.45 bits per heavy atom. The van der Waals surface area contributed by atoms with Gasteiger partial charge in [-0.25, -0.2) is 0 Å². The first kappa shape index (κ1) is 22.9. The molecule has 1 N–H and O–H groups in total. The average molecular weight is 462 g/mol. The molecule has 3 aromatic rings. The Labute approximate surface area is 200 Å². The quantitative estimate of drug-likeness (QED) is 0.551. The zero-order chi connectivity index (χ0) is 23.2. The van der Waals surface area contributed by atoms with E-state index in [1.54, 1.807) is 6.07 Å². The van der Waals surface area contributed by atoms with E-state index in [4.69, 9.17) is 11.6 Å². The fraction of sp³-hybridized carbons (Fsp3) is 0.259. The van der Waals surface area contributed by atoms with E-state index in [1.807, 2.05) is 84.6 Å². The Bertz CT molecular complexity index is 1060. The van der Waals surface area contributed by atoms with Gasteiger partial charge >= 0.3 is 0 Å². The number of nitrogens with zero attached hydrogens (tertiary/aromatic N) is 2. The van der Waals surface area contributed by atoms with Crippen molar-refractivity contribution in [3.8, 4) is 0 Å². The number of hydrogen-bond acceptors (Lipinski definition) is 3. The van der Waals surface area contributed by atoms with Crippen LogP contribution in [0.3, 0.4) is 0 Å². The monoisotopic (exact) mass is 461 g/mol. The number of rotatable bonds is 6. The zero-order valence-corrected chi connectivity index (χ0v) is 19.5. The lowest BCUT2D eigenvalue weighted by Crippen LogP contribution is -2.48. The molecule has 4 rings (SSSR count). The summed E-state index contributed by atoms with van der Waals surface area (Å²) in [7, 11) is 0. The number of nitrogens with one attached hydrogen (secondary N) is 1. The maximum Gasteiger partial charge on any atom is 0.236 e. The molecule has 0 aliphatic carbocycles. The molecule has 1 saturated heterocycles. The number of benzene rings is 3. The molecule has 1 aliphatic heterocycles. The van der Waals surface area contributed by atoms with Crippen LogP contribution in [0.2, 0.25) is 5.02 Å². The van der Waals surface area contributed by atoms with Crippen LogP contribution in [-0.2, 0) is 9.59 Å². The number of carbonyl (C=O) groups is 2. The molecule has 6 heteroatoms. The summed E-state index contributed by atoms with van der Waals surface area (Å²) < 4.78 is 0. The largest absolute Gasteiger partial charge is 0.367 e. The number of hydrogen-bond donors (Lipinski definition) is 1. The highest BCUT2D eigenvalue weighted by Gasteiger charge is 2.24. The Balaban J connectivity index is 1.49. The van der Waals surface area contributed by atoms with Crippen molar-refractivity contribution in [1.82, 2.24) is 4.90 Å². The van der Waals surface area contributed by atoms with E-state index in [0.717, 1.165) is 29.9 Å². The molecule has 0 radical (unpaired) electrons. The van der Waals surface area contributed by atoms with Gasteiger partial charge in [-0.05, 0) is 29.3 Å². The molecule has 0 unspecified atom stereocenters. The molecular weight excluding hydrogens is 434 g/mol. The van der Waals surface area contributed by atoms with Crippen LogP contribution in [0, 0.1) is 0 Å². The maximum atomic E-state index is 13.3. The second-order valence-electron chi connectivity index (χ2n) is 8.13. The molecule has 1 fully saturated rings. The van der Waals surface area contributed by atoms with Crippen LogP contribution in [0.4, 0.5) is 11.4 Å². The van der Waals surface area contributed by atoms with Crippen LogP contribution in [0.5, 0.6) is 0 Å². The number of amides is 2. The van der Waals surface area contributed by atoms with E-state index in [9.17, 15) is 9.59 Å². The fourth-order valence-corrected chi connectivity index (χ4v) is 4.56. The van der Waals surface area contributed by atoms with Crippen LogP contribution in [-0.4, -0.2) is 42.9 Å². The van der Waals surface area contributed by atoms with E-state index >= 15 is 0 Å². The fourth-order valence-electron chi connectivity index (χ4n) is 4.26. The first-order valence-corrected chi connectivity index (χ1v) is 11.7. The number of halogens is 1. The van der Waals surface area contributed by atoms with Crippen molar-refractivity contribution < 1.29 is 9.59 Å². The Hall–Kier alpha value is -3.31. The predicted octanol–water partition coefficient (Wildman–Crippen LogP) is 5.17. The van der Waals surface area contributed by atoms with Crippen molar-refractivity contribution in [1.29, 1.82) is 0 Å². The summed E-state index contributed by atoms with van der Waals surface area (Å²) in [4.78, 5) is 29.3. The van der Waals surface area contributed by atoms with Gasteiger partial charge in [-0.1, -0.05) is 79.2 Å². The highest BCUT2D eigenvalue weighted by Crippen LogP contribution is 2.31. The standard InChI is InChI=1S/C27H28ClN3O2/c1-2-25(32)31-17-15-30(16-18-31)24-14-13-22(19-23(24)28)29-27(33)26(20-9-5-3-6-10-20)21-11-7-4-8-12-21/h3-14,19,26H,2,15-18H2,1H3,(H,29,33). The topological polar surface area (TPSA) is 52.7 Å². The maximum absolute atomic E-state index is 13.3. The van der Waals surface area contributed by atoms with Crippen molar-refractivity contribution in [2.45, 2.75) is 19.3 Å². The molecule has 33 heavy (non-hydrogen) atoms. The first-order chi connectivity index (χ1) is 16.1. The lowest BCUT2D eigenvalue weighted by atomic mass is 9.90. The molecular formula is C27H28ClN3O2. The van der Waals surface area contributed by atoms with Gasteiger partial charge < -0.3 is 15.1 Å². The summed E-state index contributed by atoms with van der Waals surface area (Å²) in [6, 6.07) is 25.2. The molecule has 5 nitrogen and oxygen atoms in total. The number of piperazine rings is 1. The Morgan fingerprint density at radius 3 is 1.97 bits per heavy atom. The number of anilines is 2. The molecule has 0 bridgehead atoms. The van der Waals surface area contributed by atoms with E-state index in [2.05, 4.69) is 10.2 Å². The van der Waals surface area contributed by atoms with E-state index < -0.39 is 5.92 Å². The van der Waals surface area contributed by atoms with E-state index in [-0.39, 0.29) is 11.8 Å². The molecule has 3 aromatic carbocycles. The highest BCUT2D eigenvalue weighted by molar-refractivity contribution is 6.33. The molecule has 2 amide bonds. The summed E-state index contributed by atoms with van der Waals surface area (Å²) in [5.41, 5.74) is 3.44. The molecule has 170 valence electrons. The smallest absolute Gasteiger partial charge is 0.236 e. The van der Waals surface area contributed by atoms with Crippen molar-refractivity contribution in [3.05, 3.63) is 95.0 Å². The van der Waals surface area contributed by atoms with Gasteiger partial charge in [0.25, 0.3) is 0 Å². The van der Waals surface area contributed by atoms with Gasteiger partial charge in [0.2, 0.25) is 11.8 Å². The summed E-state index contributed by atoms with van der Waals surface area (Å²) in [6.07, 6.45) is 0.530. The van der Waals surface area contributed by atoms with E-state index in [1.165, 1.54) is 0 Å². The van der Waals surface area contributed by atoms with Crippen LogP contribution in [0.15, 0.2) is 78.9 Å². The molecule has 0 spiro atoms. The summed E-state index contributed by atoms with van der Waals surface area (Å²) in [6.45, 7) is 4.75. The molecule has 0 atom stereocenters. The summed E-state index contributed by atoms with van der Waals surface area (Å²) in [5.74, 6) is -0.344. The summed E-state index contributed by atoms with van der Waals surface area (Å²) in [5, 5.41) is 3.63. The summed E-state index contributed by atoms with van der Waals surface area (Å²) >= 11 is 6.61. The van der Waals surface area contributed by atoms with Crippen LogP contribution in [0.25, 0.3) is 0 Å². The second-order valence-corrected chi connectivity index (χ2v) is 8.54. The minimum Gasteiger partial charge on any atom is -0.367 e. The third kappa shape index (κ3) is 5.37. The van der Waals surface area contributed by atoms with Crippen molar-refractivity contribution in [2.75, 3.05) is 36.4 Å². The predicted molar refractivity (Wildman–Crippen MR) is 134 cm³/mol. The van der Waals surface area contributed by atoms with Crippen LogP contribution < -0.4 is 10.2 Å². The molecule has 1 heterocycles. The number of carbonyl (C=O) groups excluding carboxylic acids is 2. The molecule has 0 saturated carbocycles. The Kier molecular flexibility index (Phi) is 7.30. The Morgan fingerprint density at radius 1 is 0.879 bits per heavy atom. The lowest BCUT2D eigenvalue weighted by Gasteiger charge is -2.36. The lowest BCUT2D eigenvalue weighted by molar-refractivity contribution is -0.131. The van der Waals surface area contributed by atoms with Gasteiger partial charge in [-0.15, -0.1) is 0 Å². The van der Waals surface area contributed by atoms with Gasteiger partial charge in [0.05, 0.1) is 16.6 Å². The first-order valence-electron chi connectivity index (χ1n) is 11.3. The van der Waals surface area contributed by atoms with Gasteiger partial charge in [0.15, 0.2) is 0 Å². The third-order valence-electron chi connectivity index (χ3n) is 6.02. The van der Waals surface area contributed by atoms with Crippen molar-refractivity contribution >= 4 is 34.8 Å². The van der Waals surface area contributed by atoms with Gasteiger partial charge in [-0.2, -0.15) is 0 Å². The minimum absolute atomic E-state index is 0.108. The highest BCUT2D eigenvalue weighted by atomic mass is 35.5. The normalized spacial score (nSPS) is 13.8. The van der Waals surface area contributed by atoms with Gasteiger partial charge in [0.1, 0.15) is 0 Å². The average Bonchev–Trinajstić information content (AvgIpc) is 2.85. The van der Waals surface area contributed by atoms with Crippen LogP contribution >= 0.6 is 11.6 Å². The van der Waals surface area contributed by atoms with Crippen LogP contribution in [0.1, 0.15) is 30.4 Å². The molecule has 0 aromatic heterocycles. The zero-order valence-electron chi connectivity index (χ0n) is 18.7. The third-order valence-corrected chi connectivity index (χ3v) is 6.32. The molecule has 1 aliphatic rings. The second kappa shape index (κ2) is 10.5.